The zero-order valence-electron chi connectivity index (χ0n) is 10.6. The highest BCUT2D eigenvalue weighted by Gasteiger charge is 2.09. The van der Waals surface area contributed by atoms with E-state index >= 15 is 0 Å². The van der Waals surface area contributed by atoms with Crippen LogP contribution in [0.15, 0.2) is 47.8 Å². The number of benzene rings is 1. The Morgan fingerprint density at radius 3 is 2.84 bits per heavy atom. The number of amidine groups is 1. The lowest BCUT2D eigenvalue weighted by Gasteiger charge is -2.11. The quantitative estimate of drug-likeness (QED) is 0.380. The highest BCUT2D eigenvalue weighted by Crippen LogP contribution is 2.18. The van der Waals surface area contributed by atoms with Crippen LogP contribution in [0.2, 0.25) is 0 Å². The Labute approximate surface area is 111 Å². The first-order chi connectivity index (χ1) is 9.22. The van der Waals surface area contributed by atoms with Crippen LogP contribution in [0.25, 0.3) is 0 Å². The van der Waals surface area contributed by atoms with Crippen molar-refractivity contribution < 1.29 is 9.94 Å². The molecule has 0 amide bonds. The highest BCUT2D eigenvalue weighted by atomic mass is 16.5. The Kier molecular flexibility index (Phi) is 3.97. The number of nitrogens with two attached hydrogens (primary N) is 1. The van der Waals surface area contributed by atoms with Gasteiger partial charge in [-0.2, -0.15) is 0 Å². The molecule has 0 aliphatic heterocycles. The molecule has 5 nitrogen and oxygen atoms in total. The van der Waals surface area contributed by atoms with Crippen LogP contribution >= 0.6 is 0 Å². The van der Waals surface area contributed by atoms with Crippen LogP contribution in [0.4, 0.5) is 0 Å². The summed E-state index contributed by atoms with van der Waals surface area (Å²) in [6.45, 7) is 2.28. The fourth-order valence-electron chi connectivity index (χ4n) is 1.71. The number of hydrogen-bond donors (Lipinski definition) is 2. The minimum absolute atomic E-state index is 0.0241. The standard InChI is InChI=1S/C14H15N3O2/c1-10-5-2-3-7-12(10)19-9-11-6-4-8-16-13(11)14(15)17-18/h2-8,18H,9H2,1H3,(H2,15,17). The minimum Gasteiger partial charge on any atom is -0.489 e. The zero-order chi connectivity index (χ0) is 13.7. The van der Waals surface area contributed by atoms with Gasteiger partial charge < -0.3 is 15.7 Å². The first-order valence-corrected chi connectivity index (χ1v) is 5.82. The number of nitrogens with zero attached hydrogens (tertiary/aromatic N) is 2. The number of aryl methyl sites for hydroxylation is 1. The summed E-state index contributed by atoms with van der Waals surface area (Å²) in [5.41, 5.74) is 7.82. The maximum absolute atomic E-state index is 8.72. The summed E-state index contributed by atoms with van der Waals surface area (Å²) >= 11 is 0. The van der Waals surface area contributed by atoms with Gasteiger partial charge in [0.05, 0.1) is 0 Å². The molecule has 2 rings (SSSR count). The zero-order valence-corrected chi connectivity index (χ0v) is 10.6. The Hall–Kier alpha value is -2.56. The predicted octanol–water partition coefficient (Wildman–Crippen LogP) is 2.06. The molecule has 3 N–H and O–H groups in total. The van der Waals surface area contributed by atoms with Gasteiger partial charge in [-0.05, 0) is 24.6 Å². The second-order valence-electron chi connectivity index (χ2n) is 4.05. The van der Waals surface area contributed by atoms with Gasteiger partial charge in [-0.1, -0.05) is 29.4 Å². The molecule has 2 aromatic rings. The van der Waals surface area contributed by atoms with E-state index in [-0.39, 0.29) is 5.84 Å². The molecule has 0 saturated heterocycles. The number of hydrogen-bond acceptors (Lipinski definition) is 4. The number of para-hydroxylation sites is 1. The van der Waals surface area contributed by atoms with Crippen molar-refractivity contribution in [2.75, 3.05) is 0 Å². The largest absolute Gasteiger partial charge is 0.489 e. The molecule has 0 fully saturated rings. The van der Waals surface area contributed by atoms with Crippen molar-refractivity contribution in [3.05, 3.63) is 59.4 Å². The van der Waals surface area contributed by atoms with Crippen molar-refractivity contribution in [1.29, 1.82) is 0 Å². The molecule has 1 heterocycles. The maximum atomic E-state index is 8.72. The summed E-state index contributed by atoms with van der Waals surface area (Å²) in [5, 5.41) is 11.7. The van der Waals surface area contributed by atoms with E-state index in [1.807, 2.05) is 37.3 Å². The van der Waals surface area contributed by atoms with Gasteiger partial charge in [-0.25, -0.2) is 0 Å². The van der Waals surface area contributed by atoms with Crippen molar-refractivity contribution in [2.24, 2.45) is 10.9 Å². The predicted molar refractivity (Wildman–Crippen MR) is 72.3 cm³/mol. The van der Waals surface area contributed by atoms with Crippen molar-refractivity contribution in [2.45, 2.75) is 13.5 Å². The van der Waals surface area contributed by atoms with Crippen LogP contribution in [-0.2, 0) is 6.61 Å². The number of oxime groups is 1. The highest BCUT2D eigenvalue weighted by molar-refractivity contribution is 5.96. The molecule has 0 aliphatic rings. The first-order valence-electron chi connectivity index (χ1n) is 5.82. The lowest BCUT2D eigenvalue weighted by atomic mass is 10.2. The van der Waals surface area contributed by atoms with E-state index in [9.17, 15) is 0 Å². The van der Waals surface area contributed by atoms with Gasteiger partial charge in [0.25, 0.3) is 0 Å². The van der Waals surface area contributed by atoms with Gasteiger partial charge in [-0.15, -0.1) is 0 Å². The monoisotopic (exact) mass is 257 g/mol. The minimum atomic E-state index is -0.0241. The van der Waals surface area contributed by atoms with E-state index < -0.39 is 0 Å². The third kappa shape index (κ3) is 3.01. The van der Waals surface area contributed by atoms with Crippen LogP contribution in [0.5, 0.6) is 5.75 Å². The third-order valence-electron chi connectivity index (χ3n) is 2.72. The Morgan fingerprint density at radius 1 is 1.32 bits per heavy atom. The second kappa shape index (κ2) is 5.86. The van der Waals surface area contributed by atoms with E-state index in [1.54, 1.807) is 12.3 Å². The summed E-state index contributed by atoms with van der Waals surface area (Å²) < 4.78 is 5.73. The molecule has 1 aromatic carbocycles. The van der Waals surface area contributed by atoms with Crippen LogP contribution < -0.4 is 10.5 Å². The average molecular weight is 257 g/mol. The summed E-state index contributed by atoms with van der Waals surface area (Å²) in [4.78, 5) is 4.09. The average Bonchev–Trinajstić information content (AvgIpc) is 2.46. The first kappa shape index (κ1) is 12.9. The summed E-state index contributed by atoms with van der Waals surface area (Å²) in [6, 6.07) is 11.4. The van der Waals surface area contributed by atoms with Gasteiger partial charge in [0.2, 0.25) is 0 Å². The van der Waals surface area contributed by atoms with Gasteiger partial charge in [0.1, 0.15) is 18.1 Å². The molecule has 19 heavy (non-hydrogen) atoms. The molecule has 0 aliphatic carbocycles. The number of ether oxygens (including phenoxy) is 1. The van der Waals surface area contributed by atoms with Crippen LogP contribution in [0.1, 0.15) is 16.8 Å². The van der Waals surface area contributed by atoms with E-state index in [2.05, 4.69) is 10.1 Å². The molecule has 0 atom stereocenters. The molecular weight excluding hydrogens is 242 g/mol. The molecule has 0 spiro atoms. The molecule has 0 radical (unpaired) electrons. The molecule has 5 heteroatoms. The van der Waals surface area contributed by atoms with Crippen molar-refractivity contribution in [1.82, 2.24) is 4.98 Å². The van der Waals surface area contributed by atoms with Gasteiger partial charge in [0, 0.05) is 11.8 Å². The normalized spacial score (nSPS) is 11.3. The van der Waals surface area contributed by atoms with Gasteiger partial charge in [0.15, 0.2) is 5.84 Å². The lowest BCUT2D eigenvalue weighted by molar-refractivity contribution is 0.302. The van der Waals surface area contributed by atoms with E-state index in [0.717, 1.165) is 16.9 Å². The molecular formula is C14H15N3O2. The van der Waals surface area contributed by atoms with Crippen molar-refractivity contribution in [3.8, 4) is 5.75 Å². The second-order valence-corrected chi connectivity index (χ2v) is 4.05. The van der Waals surface area contributed by atoms with Crippen LogP contribution in [0, 0.1) is 6.92 Å². The van der Waals surface area contributed by atoms with Crippen LogP contribution in [-0.4, -0.2) is 16.0 Å². The third-order valence-corrected chi connectivity index (χ3v) is 2.72. The van der Waals surface area contributed by atoms with Gasteiger partial charge >= 0.3 is 0 Å². The maximum Gasteiger partial charge on any atom is 0.189 e. The fourth-order valence-corrected chi connectivity index (χ4v) is 1.71. The topological polar surface area (TPSA) is 80.7 Å². The number of rotatable bonds is 4. The molecule has 0 saturated carbocycles. The molecule has 0 bridgehead atoms. The molecule has 98 valence electrons. The van der Waals surface area contributed by atoms with Crippen LogP contribution in [0.3, 0.4) is 0 Å². The van der Waals surface area contributed by atoms with Crippen molar-refractivity contribution >= 4 is 5.84 Å². The van der Waals surface area contributed by atoms with E-state index in [0.29, 0.717) is 12.3 Å². The lowest BCUT2D eigenvalue weighted by Crippen LogP contribution is -2.18. The summed E-state index contributed by atoms with van der Waals surface area (Å²) in [6.07, 6.45) is 1.59. The number of aromatic nitrogens is 1. The van der Waals surface area contributed by atoms with E-state index in [4.69, 9.17) is 15.7 Å². The molecule has 1 aromatic heterocycles. The SMILES string of the molecule is Cc1ccccc1OCc1cccnc1C(N)=NO. The summed E-state index contributed by atoms with van der Waals surface area (Å²) in [5.74, 6) is 0.779. The smallest absolute Gasteiger partial charge is 0.189 e. The van der Waals surface area contributed by atoms with Gasteiger partial charge in [-0.3, -0.25) is 4.98 Å². The Bertz CT molecular complexity index is 597. The Balaban J connectivity index is 2.19. The fraction of sp³-hybridized carbons (Fsp3) is 0.143. The summed E-state index contributed by atoms with van der Waals surface area (Å²) in [7, 11) is 0. The molecule has 0 unspecified atom stereocenters. The van der Waals surface area contributed by atoms with E-state index in [1.165, 1.54) is 0 Å². The number of pyridine rings is 1. The van der Waals surface area contributed by atoms with Crippen molar-refractivity contribution in [3.63, 3.8) is 0 Å². The Morgan fingerprint density at radius 2 is 2.11 bits per heavy atom.